The van der Waals surface area contributed by atoms with Gasteiger partial charge >= 0.3 is 5.97 Å². The van der Waals surface area contributed by atoms with Gasteiger partial charge < -0.3 is 14.4 Å². The maximum Gasteiger partial charge on any atom is 0.323 e. The number of hydrogen-bond donors (Lipinski definition) is 1. The first-order valence-corrected chi connectivity index (χ1v) is 10.6. The monoisotopic (exact) mass is 413 g/mol. The molecule has 4 heteroatoms. The molecule has 4 nitrogen and oxygen atoms in total. The van der Waals surface area contributed by atoms with Gasteiger partial charge in [0.1, 0.15) is 12.3 Å². The molecule has 0 aliphatic heterocycles. The second-order valence-corrected chi connectivity index (χ2v) is 7.93. The number of nitrogens with zero attached hydrogens (tertiary/aromatic N) is 1. The number of carboxylic acids is 1. The van der Waals surface area contributed by atoms with Crippen molar-refractivity contribution >= 4 is 33.3 Å². The molecule has 0 aliphatic carbocycles. The number of para-hydroxylation sites is 2. The van der Waals surface area contributed by atoms with Crippen LogP contribution >= 0.6 is 0 Å². The van der Waals surface area contributed by atoms with E-state index in [0.29, 0.717) is 6.61 Å². The molecule has 1 N–H and O–H groups in total. The summed E-state index contributed by atoms with van der Waals surface area (Å²) in [7, 11) is 0. The number of carbonyl (C=O) groups is 1. The molecule has 4 aromatic rings. The second-order valence-electron chi connectivity index (χ2n) is 7.93. The Balaban J connectivity index is 1.44. The summed E-state index contributed by atoms with van der Waals surface area (Å²) in [5, 5.41) is 11.6. The summed E-state index contributed by atoms with van der Waals surface area (Å²) >= 11 is 0. The third-order valence-electron chi connectivity index (χ3n) is 5.60. The molecule has 0 amide bonds. The number of allylic oxidation sites excluding steroid dienone is 1. The van der Waals surface area contributed by atoms with Gasteiger partial charge in [-0.05, 0) is 55.5 Å². The van der Waals surface area contributed by atoms with Crippen LogP contribution in [0.1, 0.15) is 30.9 Å². The molecule has 0 unspecified atom stereocenters. The molecular weight excluding hydrogens is 386 g/mol. The van der Waals surface area contributed by atoms with E-state index in [-0.39, 0.29) is 6.54 Å². The molecule has 3 aromatic carbocycles. The Morgan fingerprint density at radius 1 is 0.968 bits per heavy atom. The summed E-state index contributed by atoms with van der Waals surface area (Å²) in [6.07, 6.45) is 2.87. The molecule has 0 atom stereocenters. The van der Waals surface area contributed by atoms with Crippen molar-refractivity contribution in [2.24, 2.45) is 0 Å². The van der Waals surface area contributed by atoms with Gasteiger partial charge in [0.05, 0.1) is 6.61 Å². The molecule has 0 bridgehead atoms. The van der Waals surface area contributed by atoms with Crippen LogP contribution in [0.4, 0.5) is 0 Å². The predicted molar refractivity (Wildman–Crippen MR) is 127 cm³/mol. The number of aryl methyl sites for hydroxylation is 1. The van der Waals surface area contributed by atoms with E-state index in [0.717, 1.165) is 58.0 Å². The van der Waals surface area contributed by atoms with Crippen molar-refractivity contribution in [2.45, 2.75) is 32.7 Å². The van der Waals surface area contributed by atoms with Crippen LogP contribution in [0.5, 0.6) is 5.75 Å². The van der Waals surface area contributed by atoms with Crippen LogP contribution in [0.15, 0.2) is 73.3 Å². The van der Waals surface area contributed by atoms with Crippen molar-refractivity contribution in [1.82, 2.24) is 4.57 Å². The van der Waals surface area contributed by atoms with Crippen molar-refractivity contribution in [3.05, 3.63) is 84.4 Å². The quantitative estimate of drug-likeness (QED) is 0.327. The second kappa shape index (κ2) is 9.09. The highest BCUT2D eigenvalue weighted by Crippen LogP contribution is 2.30. The normalized spacial score (nSPS) is 11.1. The lowest BCUT2D eigenvalue weighted by atomic mass is 10.1. The van der Waals surface area contributed by atoms with Crippen LogP contribution in [0.2, 0.25) is 0 Å². The number of benzene rings is 3. The summed E-state index contributed by atoms with van der Waals surface area (Å²) < 4.78 is 7.88. The van der Waals surface area contributed by atoms with Crippen molar-refractivity contribution in [3.8, 4) is 5.75 Å². The highest BCUT2D eigenvalue weighted by atomic mass is 16.5. The Labute approximate surface area is 182 Å². The van der Waals surface area contributed by atoms with Gasteiger partial charge in [0, 0.05) is 27.4 Å². The molecule has 1 heterocycles. The first-order valence-electron chi connectivity index (χ1n) is 10.6. The zero-order valence-electron chi connectivity index (χ0n) is 17.8. The van der Waals surface area contributed by atoms with Crippen LogP contribution in [-0.4, -0.2) is 22.2 Å². The number of ether oxygens (including phenoxy) is 1. The molecule has 0 spiro atoms. The van der Waals surface area contributed by atoms with Crippen LogP contribution in [0.25, 0.3) is 27.4 Å². The van der Waals surface area contributed by atoms with Gasteiger partial charge in [-0.25, -0.2) is 0 Å². The van der Waals surface area contributed by atoms with Gasteiger partial charge in [-0.2, -0.15) is 0 Å². The molecule has 1 aromatic heterocycles. The Bertz CT molecular complexity index is 1250. The van der Waals surface area contributed by atoms with Crippen LogP contribution in [-0.2, 0) is 17.8 Å². The van der Waals surface area contributed by atoms with Crippen LogP contribution in [0.3, 0.4) is 0 Å². The standard InChI is InChI=1S/C27H27NO3/c1-19(2)21-10-4-6-13-26(21)31-16-8-7-9-20-14-15-23-22-11-3-5-12-24(22)28(18-27(29)30)25(23)17-20/h3-6,10-15,17H,1,7-9,16,18H2,2H3,(H,29,30). The lowest BCUT2D eigenvalue weighted by Gasteiger charge is -2.11. The molecule has 0 saturated carbocycles. The molecule has 0 fully saturated rings. The maximum absolute atomic E-state index is 11.4. The van der Waals surface area contributed by atoms with Gasteiger partial charge in [0.2, 0.25) is 0 Å². The van der Waals surface area contributed by atoms with E-state index in [4.69, 9.17) is 4.74 Å². The Morgan fingerprint density at radius 3 is 2.52 bits per heavy atom. The molecule has 4 rings (SSSR count). The minimum Gasteiger partial charge on any atom is -0.493 e. The molecule has 31 heavy (non-hydrogen) atoms. The number of unbranched alkanes of at least 4 members (excludes halogenated alkanes) is 1. The Hall–Kier alpha value is -3.53. The SMILES string of the molecule is C=C(C)c1ccccc1OCCCCc1ccc2c3ccccc3n(CC(=O)O)c2c1. The van der Waals surface area contributed by atoms with Gasteiger partial charge in [-0.1, -0.05) is 55.1 Å². The third-order valence-corrected chi connectivity index (χ3v) is 5.60. The lowest BCUT2D eigenvalue weighted by molar-refractivity contribution is -0.137. The summed E-state index contributed by atoms with van der Waals surface area (Å²) in [5.74, 6) is 0.0508. The number of aliphatic carboxylic acids is 1. The summed E-state index contributed by atoms with van der Waals surface area (Å²) in [6.45, 7) is 6.63. The van der Waals surface area contributed by atoms with E-state index < -0.39 is 5.97 Å². The van der Waals surface area contributed by atoms with Crippen molar-refractivity contribution in [3.63, 3.8) is 0 Å². The van der Waals surface area contributed by atoms with Crippen molar-refractivity contribution in [1.29, 1.82) is 0 Å². The van der Waals surface area contributed by atoms with Gasteiger partial charge in [0.15, 0.2) is 0 Å². The zero-order valence-corrected chi connectivity index (χ0v) is 17.8. The van der Waals surface area contributed by atoms with E-state index in [2.05, 4.69) is 30.8 Å². The van der Waals surface area contributed by atoms with E-state index >= 15 is 0 Å². The fourth-order valence-corrected chi connectivity index (χ4v) is 4.11. The summed E-state index contributed by atoms with van der Waals surface area (Å²) in [6, 6.07) is 22.4. The smallest absolute Gasteiger partial charge is 0.323 e. The average Bonchev–Trinajstić information content (AvgIpc) is 3.06. The molecular formula is C27H27NO3. The fraction of sp³-hybridized carbons (Fsp3) is 0.222. The lowest BCUT2D eigenvalue weighted by Crippen LogP contribution is -2.08. The zero-order chi connectivity index (χ0) is 21.8. The van der Waals surface area contributed by atoms with Gasteiger partial charge in [-0.3, -0.25) is 4.79 Å². The van der Waals surface area contributed by atoms with Crippen LogP contribution in [0, 0.1) is 0 Å². The molecule has 0 aliphatic rings. The predicted octanol–water partition coefficient (Wildman–Crippen LogP) is 6.31. The van der Waals surface area contributed by atoms with Crippen molar-refractivity contribution in [2.75, 3.05) is 6.61 Å². The molecule has 0 radical (unpaired) electrons. The number of carboxylic acid groups (broad SMARTS) is 1. The summed E-state index contributed by atoms with van der Waals surface area (Å²) in [4.78, 5) is 11.4. The maximum atomic E-state index is 11.4. The van der Waals surface area contributed by atoms with Crippen molar-refractivity contribution < 1.29 is 14.6 Å². The highest BCUT2D eigenvalue weighted by Gasteiger charge is 2.13. The minimum atomic E-state index is -0.833. The van der Waals surface area contributed by atoms with E-state index in [1.165, 1.54) is 5.56 Å². The number of aromatic nitrogens is 1. The highest BCUT2D eigenvalue weighted by molar-refractivity contribution is 6.08. The van der Waals surface area contributed by atoms with Gasteiger partial charge in [0.25, 0.3) is 0 Å². The Kier molecular flexibility index (Phi) is 6.08. The largest absolute Gasteiger partial charge is 0.493 e. The molecule has 0 saturated heterocycles. The topological polar surface area (TPSA) is 51.5 Å². The number of fused-ring (bicyclic) bond motifs is 3. The average molecular weight is 414 g/mol. The van der Waals surface area contributed by atoms with E-state index in [9.17, 15) is 9.90 Å². The number of hydrogen-bond acceptors (Lipinski definition) is 2. The van der Waals surface area contributed by atoms with E-state index in [1.807, 2.05) is 54.0 Å². The first-order chi connectivity index (χ1) is 15.0. The van der Waals surface area contributed by atoms with Gasteiger partial charge in [-0.15, -0.1) is 0 Å². The Morgan fingerprint density at radius 2 is 1.71 bits per heavy atom. The van der Waals surface area contributed by atoms with Crippen LogP contribution < -0.4 is 4.74 Å². The number of rotatable bonds is 9. The van der Waals surface area contributed by atoms with E-state index in [1.54, 1.807) is 0 Å². The fourth-order valence-electron chi connectivity index (χ4n) is 4.11. The minimum absolute atomic E-state index is 0.0383. The molecule has 158 valence electrons. The first kappa shape index (κ1) is 20.7. The summed E-state index contributed by atoms with van der Waals surface area (Å²) in [5.41, 5.74) is 5.21. The third kappa shape index (κ3) is 4.48.